The monoisotopic (exact) mass is 485 g/mol. The Balaban J connectivity index is 1.64. The molecule has 0 saturated carbocycles. The molecule has 0 atom stereocenters. The zero-order chi connectivity index (χ0) is 26.0. The molecule has 0 aliphatic rings. The number of rotatable bonds is 7. The molecule has 0 spiro atoms. The molecule has 4 rings (SSSR count). The molecule has 36 heavy (non-hydrogen) atoms. The van der Waals surface area contributed by atoms with Gasteiger partial charge in [0.2, 0.25) is 0 Å². The summed E-state index contributed by atoms with van der Waals surface area (Å²) in [7, 11) is 0. The number of fused-ring (bicyclic) bond motifs is 1. The van der Waals surface area contributed by atoms with E-state index in [-0.39, 0.29) is 16.9 Å². The van der Waals surface area contributed by atoms with E-state index in [0.717, 1.165) is 33.5 Å². The summed E-state index contributed by atoms with van der Waals surface area (Å²) in [6, 6.07) is 14.5. The molecule has 5 N–H and O–H groups in total. The van der Waals surface area contributed by atoms with Crippen LogP contribution < -0.4 is 11.1 Å². The number of nitrogen functional groups attached to an aromatic ring is 1. The molecule has 0 fully saturated rings. The third-order valence-electron chi connectivity index (χ3n) is 5.91. The Labute approximate surface area is 210 Å². The lowest BCUT2D eigenvalue weighted by Gasteiger charge is -2.19. The minimum Gasteiger partial charge on any atom is -0.478 e. The van der Waals surface area contributed by atoms with Gasteiger partial charge >= 0.3 is 5.97 Å². The van der Waals surface area contributed by atoms with Gasteiger partial charge in [-0.15, -0.1) is 0 Å². The summed E-state index contributed by atoms with van der Waals surface area (Å²) in [5.74, 6) is -1.01. The van der Waals surface area contributed by atoms with Crippen molar-refractivity contribution in [3.05, 3.63) is 76.6 Å². The lowest BCUT2D eigenvalue weighted by atomic mass is 9.93. The van der Waals surface area contributed by atoms with Crippen molar-refractivity contribution >= 4 is 28.9 Å². The Morgan fingerprint density at radius 1 is 1.00 bits per heavy atom. The number of aromatic nitrogens is 3. The fourth-order valence-electron chi connectivity index (χ4n) is 4.09. The molecule has 8 heteroatoms. The number of carboxylic acids is 1. The normalized spacial score (nSPS) is 11.6. The first kappa shape index (κ1) is 24.9. The predicted molar refractivity (Wildman–Crippen MR) is 141 cm³/mol. The maximum Gasteiger partial charge on any atom is 0.336 e. The van der Waals surface area contributed by atoms with Crippen molar-refractivity contribution in [2.24, 2.45) is 5.41 Å². The standard InChI is InChI=1S/C28H31N5O3/c1-16-5-9-20(22(31-16)11-6-17-7-12-23-24(13-17)33-27(29)32-23)19-10-8-18(14-21(19)26(35)36)25(34)30-15-28(2,3)4/h5,7-10,12-14H,6,11,15H2,1-4H3,(H,30,34)(H,35,36)(H3,29,32,33). The highest BCUT2D eigenvalue weighted by Crippen LogP contribution is 2.29. The summed E-state index contributed by atoms with van der Waals surface area (Å²) < 4.78 is 0. The summed E-state index contributed by atoms with van der Waals surface area (Å²) in [5, 5.41) is 12.9. The van der Waals surface area contributed by atoms with Gasteiger partial charge in [0.25, 0.3) is 5.91 Å². The van der Waals surface area contributed by atoms with E-state index < -0.39 is 5.97 Å². The zero-order valence-corrected chi connectivity index (χ0v) is 21.0. The number of carbonyl (C=O) groups is 2. The number of aryl methyl sites for hydroxylation is 3. The second kappa shape index (κ2) is 9.81. The molecule has 2 aromatic heterocycles. The van der Waals surface area contributed by atoms with E-state index in [1.165, 1.54) is 6.07 Å². The molecule has 4 aromatic rings. The summed E-state index contributed by atoms with van der Waals surface area (Å²) in [4.78, 5) is 36.9. The van der Waals surface area contributed by atoms with Gasteiger partial charge in [0.05, 0.1) is 16.6 Å². The maximum atomic E-state index is 12.6. The Morgan fingerprint density at radius 2 is 1.75 bits per heavy atom. The van der Waals surface area contributed by atoms with Crippen LogP contribution in [0.4, 0.5) is 5.95 Å². The van der Waals surface area contributed by atoms with Gasteiger partial charge in [-0.3, -0.25) is 9.78 Å². The number of aromatic carboxylic acids is 1. The molecule has 0 saturated heterocycles. The van der Waals surface area contributed by atoms with Gasteiger partial charge in [-0.1, -0.05) is 39.0 Å². The fraction of sp³-hybridized carbons (Fsp3) is 0.286. The van der Waals surface area contributed by atoms with Crippen LogP contribution in [0.3, 0.4) is 0 Å². The smallest absolute Gasteiger partial charge is 0.336 e. The highest BCUT2D eigenvalue weighted by atomic mass is 16.4. The van der Waals surface area contributed by atoms with Crippen LogP contribution in [-0.2, 0) is 12.8 Å². The highest BCUT2D eigenvalue weighted by Gasteiger charge is 2.20. The number of pyridine rings is 1. The second-order valence-corrected chi connectivity index (χ2v) is 10.2. The van der Waals surface area contributed by atoms with Gasteiger partial charge < -0.3 is 21.1 Å². The van der Waals surface area contributed by atoms with E-state index in [1.54, 1.807) is 12.1 Å². The number of H-pyrrole nitrogens is 1. The molecule has 0 radical (unpaired) electrons. The molecule has 2 heterocycles. The third kappa shape index (κ3) is 5.71. The van der Waals surface area contributed by atoms with Crippen molar-refractivity contribution in [2.75, 3.05) is 12.3 Å². The van der Waals surface area contributed by atoms with Crippen molar-refractivity contribution in [1.82, 2.24) is 20.3 Å². The summed E-state index contributed by atoms with van der Waals surface area (Å²) in [6.45, 7) is 8.46. The summed E-state index contributed by atoms with van der Waals surface area (Å²) in [5.41, 5.74) is 11.8. The Bertz CT molecular complexity index is 1450. The van der Waals surface area contributed by atoms with Crippen molar-refractivity contribution in [3.63, 3.8) is 0 Å². The van der Waals surface area contributed by atoms with Gasteiger partial charge in [0.1, 0.15) is 0 Å². The minimum absolute atomic E-state index is 0.0691. The largest absolute Gasteiger partial charge is 0.478 e. The molecule has 0 bridgehead atoms. The minimum atomic E-state index is -1.09. The van der Waals surface area contributed by atoms with E-state index in [9.17, 15) is 14.7 Å². The number of amides is 1. The molecule has 8 nitrogen and oxygen atoms in total. The van der Waals surface area contributed by atoms with Gasteiger partial charge in [-0.2, -0.15) is 0 Å². The first-order valence-corrected chi connectivity index (χ1v) is 11.9. The van der Waals surface area contributed by atoms with Gasteiger partial charge in [-0.25, -0.2) is 9.78 Å². The number of carbonyl (C=O) groups excluding carboxylic acids is 1. The summed E-state index contributed by atoms with van der Waals surface area (Å²) >= 11 is 0. The number of carboxylic acid groups (broad SMARTS) is 1. The van der Waals surface area contributed by atoms with Crippen molar-refractivity contribution in [2.45, 2.75) is 40.5 Å². The SMILES string of the molecule is Cc1ccc(-c2ccc(C(=O)NCC(C)(C)C)cc2C(=O)O)c(CCc2ccc3nc(N)[nH]c3c2)n1. The van der Waals surface area contributed by atoms with Crippen LogP contribution in [-0.4, -0.2) is 38.5 Å². The summed E-state index contributed by atoms with van der Waals surface area (Å²) in [6.07, 6.45) is 1.31. The number of aromatic amines is 1. The molecule has 186 valence electrons. The third-order valence-corrected chi connectivity index (χ3v) is 5.91. The van der Waals surface area contributed by atoms with Crippen LogP contribution in [0.25, 0.3) is 22.2 Å². The number of hydrogen-bond donors (Lipinski definition) is 4. The van der Waals surface area contributed by atoms with E-state index in [4.69, 9.17) is 10.7 Å². The molecule has 0 aliphatic heterocycles. The number of anilines is 1. The first-order chi connectivity index (χ1) is 17.0. The molecule has 0 unspecified atom stereocenters. The quantitative estimate of drug-likeness (QED) is 0.298. The highest BCUT2D eigenvalue weighted by molar-refractivity contribution is 6.01. The Kier molecular flexibility index (Phi) is 6.79. The van der Waals surface area contributed by atoms with Crippen LogP contribution in [0.1, 0.15) is 58.4 Å². The molecule has 0 aliphatic carbocycles. The zero-order valence-electron chi connectivity index (χ0n) is 21.0. The lowest BCUT2D eigenvalue weighted by Crippen LogP contribution is -2.32. The predicted octanol–water partition coefficient (Wildman–Crippen LogP) is 4.77. The Hall–Kier alpha value is -4.20. The topological polar surface area (TPSA) is 134 Å². The number of nitrogens with one attached hydrogen (secondary N) is 2. The van der Waals surface area contributed by atoms with Crippen LogP contribution in [0, 0.1) is 12.3 Å². The average molecular weight is 486 g/mol. The number of hydrogen-bond acceptors (Lipinski definition) is 5. The van der Waals surface area contributed by atoms with Crippen LogP contribution >= 0.6 is 0 Å². The number of imidazole rings is 1. The molecule has 2 aromatic carbocycles. The van der Waals surface area contributed by atoms with Crippen LogP contribution in [0.5, 0.6) is 0 Å². The van der Waals surface area contributed by atoms with Crippen molar-refractivity contribution < 1.29 is 14.7 Å². The van der Waals surface area contributed by atoms with E-state index in [2.05, 4.69) is 15.3 Å². The van der Waals surface area contributed by atoms with E-state index in [0.29, 0.717) is 36.5 Å². The van der Waals surface area contributed by atoms with Crippen LogP contribution in [0.2, 0.25) is 0 Å². The van der Waals surface area contributed by atoms with Crippen molar-refractivity contribution in [3.8, 4) is 11.1 Å². The fourth-order valence-corrected chi connectivity index (χ4v) is 4.09. The van der Waals surface area contributed by atoms with Gasteiger partial charge in [0.15, 0.2) is 5.95 Å². The Morgan fingerprint density at radius 3 is 2.47 bits per heavy atom. The average Bonchev–Trinajstić information content (AvgIpc) is 3.19. The van der Waals surface area contributed by atoms with E-state index in [1.807, 2.05) is 58.0 Å². The number of nitrogens with zero attached hydrogens (tertiary/aromatic N) is 2. The maximum absolute atomic E-state index is 12.6. The van der Waals surface area contributed by atoms with Crippen LogP contribution in [0.15, 0.2) is 48.5 Å². The van der Waals surface area contributed by atoms with E-state index >= 15 is 0 Å². The molecular weight excluding hydrogens is 454 g/mol. The second-order valence-electron chi connectivity index (χ2n) is 10.2. The number of nitrogens with two attached hydrogens (primary N) is 1. The van der Waals surface area contributed by atoms with Crippen molar-refractivity contribution in [1.29, 1.82) is 0 Å². The van der Waals surface area contributed by atoms with Gasteiger partial charge in [0, 0.05) is 29.1 Å². The molecule has 1 amide bonds. The first-order valence-electron chi connectivity index (χ1n) is 11.9. The lowest BCUT2D eigenvalue weighted by molar-refractivity contribution is 0.0697. The van der Waals surface area contributed by atoms with Gasteiger partial charge in [-0.05, 0) is 66.6 Å². The number of benzene rings is 2. The molecular formula is C28H31N5O3.